The lowest BCUT2D eigenvalue weighted by atomic mass is 10.0. The third-order valence-electron chi connectivity index (χ3n) is 5.74. The van der Waals surface area contributed by atoms with Crippen molar-refractivity contribution in [3.05, 3.63) is 71.1 Å². The van der Waals surface area contributed by atoms with E-state index in [0.717, 1.165) is 28.8 Å². The molecule has 1 aliphatic rings. The fraction of sp³-hybridized carbons (Fsp3) is 0.261. The second kappa shape index (κ2) is 8.68. The van der Waals surface area contributed by atoms with Crippen molar-refractivity contribution in [2.24, 2.45) is 5.92 Å². The van der Waals surface area contributed by atoms with Gasteiger partial charge in [0, 0.05) is 16.9 Å². The highest BCUT2D eigenvalue weighted by atomic mass is 32.1. The summed E-state index contributed by atoms with van der Waals surface area (Å²) in [6.07, 6.45) is 2.65. The van der Waals surface area contributed by atoms with Crippen LogP contribution in [0.25, 0.3) is 10.4 Å². The van der Waals surface area contributed by atoms with Crippen molar-refractivity contribution in [1.29, 1.82) is 0 Å². The molecule has 1 aromatic heterocycles. The molecule has 154 valence electrons. The number of rotatable bonds is 8. The number of carbonyl (C=O) groups is 1. The van der Waals surface area contributed by atoms with E-state index < -0.39 is 8.69 Å². The molecule has 30 heavy (non-hydrogen) atoms. The molecule has 5 nitrogen and oxygen atoms in total. The summed E-state index contributed by atoms with van der Waals surface area (Å²) in [5.74, 6) is 0.238. The third kappa shape index (κ3) is 4.31. The molecule has 2 aromatic carbocycles. The van der Waals surface area contributed by atoms with Crippen molar-refractivity contribution in [3.8, 4) is 10.4 Å². The summed E-state index contributed by atoms with van der Waals surface area (Å²) in [6, 6.07) is 17.2. The van der Waals surface area contributed by atoms with Crippen molar-refractivity contribution < 1.29 is 13.9 Å². The van der Waals surface area contributed by atoms with Gasteiger partial charge in [0.15, 0.2) is 0 Å². The molecule has 1 heterocycles. The summed E-state index contributed by atoms with van der Waals surface area (Å²) in [7, 11) is -0.746. The second-order valence-corrected chi connectivity index (χ2v) is 8.99. The van der Waals surface area contributed by atoms with E-state index in [0.29, 0.717) is 29.3 Å². The Labute approximate surface area is 181 Å². The van der Waals surface area contributed by atoms with Gasteiger partial charge < -0.3 is 11.1 Å². The summed E-state index contributed by atoms with van der Waals surface area (Å²) < 4.78 is 16.6. The lowest BCUT2D eigenvalue weighted by molar-refractivity contribution is 0.102. The topological polar surface area (TPSA) is 81.4 Å². The molecule has 3 aromatic rings. The highest BCUT2D eigenvalue weighted by molar-refractivity contribution is 7.17. The number of nitrogens with one attached hydrogen (secondary N) is 1. The lowest BCUT2D eigenvalue weighted by Gasteiger charge is -2.12. The van der Waals surface area contributed by atoms with Gasteiger partial charge >= 0.3 is 8.69 Å². The van der Waals surface area contributed by atoms with Crippen molar-refractivity contribution >= 4 is 37.3 Å². The molecule has 4 rings (SSSR count). The van der Waals surface area contributed by atoms with Crippen LogP contribution in [0.2, 0.25) is 0 Å². The summed E-state index contributed by atoms with van der Waals surface area (Å²) in [5.41, 5.74) is 9.53. The molecular formula is C23H24N2O3PS+. The van der Waals surface area contributed by atoms with Crippen LogP contribution in [0.5, 0.6) is 0 Å². The number of amides is 1. The van der Waals surface area contributed by atoms with E-state index in [4.69, 9.17) is 10.3 Å². The lowest BCUT2D eigenvalue weighted by Crippen LogP contribution is -2.17. The highest BCUT2D eigenvalue weighted by Gasteiger charge is 2.57. The molecule has 3 atom stereocenters. The smallest absolute Gasteiger partial charge is 0.397 e. The Balaban J connectivity index is 1.46. The molecule has 3 unspecified atom stereocenters. The molecule has 0 spiro atoms. The Morgan fingerprint density at radius 3 is 2.70 bits per heavy atom. The predicted molar refractivity (Wildman–Crippen MR) is 123 cm³/mol. The first-order valence-corrected chi connectivity index (χ1v) is 11.6. The van der Waals surface area contributed by atoms with Crippen LogP contribution in [0.3, 0.4) is 0 Å². The van der Waals surface area contributed by atoms with Gasteiger partial charge in [0.05, 0.1) is 11.4 Å². The van der Waals surface area contributed by atoms with Crippen LogP contribution in [0.15, 0.2) is 60.0 Å². The molecule has 1 amide bonds. The zero-order valence-corrected chi connectivity index (χ0v) is 18.5. The predicted octanol–water partition coefficient (Wildman–Crippen LogP) is 5.92. The Kier molecular flexibility index (Phi) is 6.00. The van der Waals surface area contributed by atoms with E-state index in [1.54, 1.807) is 23.5 Å². The van der Waals surface area contributed by atoms with Gasteiger partial charge in [-0.05, 0) is 63.7 Å². The van der Waals surface area contributed by atoms with E-state index in [2.05, 4.69) is 12.2 Å². The minimum Gasteiger partial charge on any atom is -0.397 e. The number of hydrogen-bond donors (Lipinski definition) is 2. The number of anilines is 2. The fourth-order valence-corrected chi connectivity index (χ4v) is 5.12. The van der Waals surface area contributed by atoms with Crippen LogP contribution in [0.4, 0.5) is 11.4 Å². The van der Waals surface area contributed by atoms with Crippen LogP contribution in [0, 0.1) is 5.92 Å². The van der Waals surface area contributed by atoms with Crippen molar-refractivity contribution in [2.45, 2.75) is 31.8 Å². The van der Waals surface area contributed by atoms with Crippen LogP contribution in [0.1, 0.15) is 35.7 Å². The minimum atomic E-state index is -0.746. The summed E-state index contributed by atoms with van der Waals surface area (Å²) >= 11 is 1.64. The van der Waals surface area contributed by atoms with Gasteiger partial charge in [0.25, 0.3) is 5.91 Å². The zero-order valence-electron chi connectivity index (χ0n) is 16.7. The number of thiophene rings is 1. The SMILES string of the molecule is CCC1CC1(Cc1ccc(C(=O)Nc2cc(-c3cccs3)ccc2N)cc1)O[PH+]=O. The summed E-state index contributed by atoms with van der Waals surface area (Å²) in [6.45, 7) is 2.12. The highest BCUT2D eigenvalue weighted by Crippen LogP contribution is 2.52. The summed E-state index contributed by atoms with van der Waals surface area (Å²) in [4.78, 5) is 13.9. The van der Waals surface area contributed by atoms with E-state index in [1.807, 2.05) is 47.8 Å². The third-order valence-corrected chi connectivity index (χ3v) is 7.15. The molecule has 1 saturated carbocycles. The average Bonchev–Trinajstić information content (AvgIpc) is 3.15. The zero-order chi connectivity index (χ0) is 21.1. The van der Waals surface area contributed by atoms with Crippen molar-refractivity contribution in [1.82, 2.24) is 0 Å². The number of carbonyl (C=O) groups excluding carboxylic acids is 1. The van der Waals surface area contributed by atoms with E-state index in [1.165, 1.54) is 0 Å². The number of benzene rings is 2. The molecule has 0 radical (unpaired) electrons. The standard InChI is InChI=1S/C23H23N2O3PS/c1-2-18-14-23(18,28-29-27)13-15-5-7-16(8-6-15)22(26)25-20-12-17(9-10-19(20)24)21-4-3-11-30-21/h3-12,18,29H,2,13-14,24H2,1H3/p+1. The van der Waals surface area contributed by atoms with Crippen molar-refractivity contribution in [2.75, 3.05) is 11.1 Å². The maximum absolute atomic E-state index is 12.7. The molecular weight excluding hydrogens is 415 g/mol. The van der Waals surface area contributed by atoms with E-state index >= 15 is 0 Å². The van der Waals surface area contributed by atoms with E-state index in [-0.39, 0.29) is 11.5 Å². The van der Waals surface area contributed by atoms with Gasteiger partial charge in [0.1, 0.15) is 5.60 Å². The van der Waals surface area contributed by atoms with Gasteiger partial charge in [-0.15, -0.1) is 15.9 Å². The Morgan fingerprint density at radius 1 is 1.27 bits per heavy atom. The quantitative estimate of drug-likeness (QED) is 0.337. The Bertz CT molecular complexity index is 1050. The first-order valence-electron chi connectivity index (χ1n) is 9.93. The molecule has 1 aliphatic carbocycles. The first-order chi connectivity index (χ1) is 14.5. The largest absolute Gasteiger partial charge is 0.494 e. The summed E-state index contributed by atoms with van der Waals surface area (Å²) in [5, 5.41) is 4.94. The molecule has 1 fully saturated rings. The number of hydrogen-bond acceptors (Lipinski definition) is 5. The average molecular weight is 439 g/mol. The van der Waals surface area contributed by atoms with E-state index in [9.17, 15) is 9.36 Å². The molecule has 0 aliphatic heterocycles. The fourth-order valence-electron chi connectivity index (χ4n) is 3.91. The molecule has 7 heteroatoms. The van der Waals surface area contributed by atoms with Crippen LogP contribution in [-0.4, -0.2) is 11.5 Å². The monoisotopic (exact) mass is 439 g/mol. The Morgan fingerprint density at radius 2 is 2.07 bits per heavy atom. The first kappa shape index (κ1) is 20.7. The van der Waals surface area contributed by atoms with Gasteiger partial charge in [-0.2, -0.15) is 0 Å². The maximum Gasteiger partial charge on any atom is 0.494 e. The van der Waals surface area contributed by atoms with Crippen LogP contribution < -0.4 is 11.1 Å². The number of nitrogen functional groups attached to an aromatic ring is 1. The normalized spacial score (nSPS) is 20.2. The van der Waals surface area contributed by atoms with Gasteiger partial charge in [-0.3, -0.25) is 4.79 Å². The second-order valence-electron chi connectivity index (χ2n) is 7.67. The van der Waals surface area contributed by atoms with Gasteiger partial charge in [-0.1, -0.05) is 37.6 Å². The van der Waals surface area contributed by atoms with Crippen LogP contribution in [-0.2, 0) is 15.5 Å². The molecule has 0 saturated heterocycles. The van der Waals surface area contributed by atoms with Crippen LogP contribution >= 0.6 is 20.0 Å². The minimum absolute atomic E-state index is 0.207. The Hall–Kier alpha value is -2.53. The van der Waals surface area contributed by atoms with Gasteiger partial charge in [-0.25, -0.2) is 0 Å². The van der Waals surface area contributed by atoms with Gasteiger partial charge in [0.2, 0.25) is 0 Å². The number of nitrogens with two attached hydrogens (primary N) is 1. The molecule has 3 N–H and O–H groups in total. The molecule has 0 bridgehead atoms. The maximum atomic E-state index is 12.7. The van der Waals surface area contributed by atoms with Crippen molar-refractivity contribution in [3.63, 3.8) is 0 Å².